The predicted molar refractivity (Wildman–Crippen MR) is 189 cm³/mol. The molecule has 0 radical (unpaired) electrons. The zero-order valence-electron chi connectivity index (χ0n) is 28.2. The number of alkyl halides is 1. The van der Waals surface area contributed by atoms with E-state index in [0.29, 0.717) is 22.8 Å². The molecule has 0 N–H and O–H groups in total. The van der Waals surface area contributed by atoms with Gasteiger partial charge in [0, 0.05) is 16.8 Å². The van der Waals surface area contributed by atoms with Gasteiger partial charge < -0.3 is 14.2 Å². The van der Waals surface area contributed by atoms with Gasteiger partial charge in [-0.3, -0.25) is 0 Å². The Morgan fingerprint density at radius 3 is 2.36 bits per heavy atom. The van der Waals surface area contributed by atoms with Gasteiger partial charge in [-0.15, -0.1) is 0 Å². The summed E-state index contributed by atoms with van der Waals surface area (Å²) in [4.78, 5) is 0.408. The maximum absolute atomic E-state index is 13.5. The number of sulfone groups is 1. The monoisotopic (exact) mass is 742 g/mol. The van der Waals surface area contributed by atoms with E-state index >= 15 is 0 Å². The normalized spacial score (nSPS) is 34.4. The van der Waals surface area contributed by atoms with Crippen molar-refractivity contribution in [1.82, 2.24) is 0 Å². The summed E-state index contributed by atoms with van der Waals surface area (Å²) in [5, 5.41) is 0. The van der Waals surface area contributed by atoms with Crippen molar-refractivity contribution in [2.45, 2.75) is 147 Å². The standard InChI is InChI=1S/C37H59IO5S/c1-8-10-14-31-22-37(24-38)36(41-31)18-17-30(43-37)20-26(4)28(6)27(5)21-35-33(29(7)34(42-35)19-25(3)9-2)23-44(39,40)32-15-12-11-13-16-32/h11-13,15-16,25-27,29-31,33-36H,6,8-10,14,17-24H2,1-5,7H3/t25-,26-,27-,29-,30?,31+,33-,34-,35?,36+,37-/m1/s1. The number of ether oxygens (including phenoxy) is 3. The van der Waals surface area contributed by atoms with Crippen LogP contribution in [0.25, 0.3) is 0 Å². The van der Waals surface area contributed by atoms with Crippen LogP contribution in [0.15, 0.2) is 47.4 Å². The van der Waals surface area contributed by atoms with Crippen molar-refractivity contribution < 1.29 is 22.6 Å². The van der Waals surface area contributed by atoms with Crippen molar-refractivity contribution >= 4 is 32.4 Å². The first kappa shape index (κ1) is 36.4. The molecule has 250 valence electrons. The fraction of sp³-hybridized carbons (Fsp3) is 0.784. The minimum absolute atomic E-state index is 0.0371. The van der Waals surface area contributed by atoms with Crippen molar-refractivity contribution in [2.75, 3.05) is 10.2 Å². The van der Waals surface area contributed by atoms with Gasteiger partial charge in [-0.05, 0) is 74.3 Å². The molecule has 0 amide bonds. The van der Waals surface area contributed by atoms with E-state index in [2.05, 4.69) is 70.7 Å². The topological polar surface area (TPSA) is 61.8 Å². The predicted octanol–water partition coefficient (Wildman–Crippen LogP) is 9.23. The van der Waals surface area contributed by atoms with Crippen molar-refractivity contribution in [2.24, 2.45) is 29.6 Å². The SMILES string of the molecule is C=C([C@H](C)CC1CC[C@@H]2O[C@@H](CCCC)C[C@]2(CI)O1)[C@H](C)CC1O[C@H](C[C@H](C)CC)[C@H](C)[C@H]1CS(=O)(=O)c1ccccc1. The smallest absolute Gasteiger partial charge is 0.178 e. The first-order chi connectivity index (χ1) is 20.9. The zero-order valence-corrected chi connectivity index (χ0v) is 31.2. The molecule has 1 aromatic carbocycles. The van der Waals surface area contributed by atoms with Gasteiger partial charge in [0.05, 0.1) is 41.2 Å². The molecule has 3 heterocycles. The number of fused-ring (bicyclic) bond motifs is 1. The van der Waals surface area contributed by atoms with Crippen LogP contribution in [0.5, 0.6) is 0 Å². The van der Waals surface area contributed by atoms with Crippen LogP contribution in [0.2, 0.25) is 0 Å². The van der Waals surface area contributed by atoms with Gasteiger partial charge in [-0.1, -0.05) is 114 Å². The second kappa shape index (κ2) is 16.1. The van der Waals surface area contributed by atoms with Gasteiger partial charge in [0.15, 0.2) is 9.84 Å². The molecule has 4 rings (SSSR count). The Kier molecular flexibility index (Phi) is 13.3. The van der Waals surface area contributed by atoms with Crippen LogP contribution >= 0.6 is 22.6 Å². The molecule has 0 aromatic heterocycles. The molecule has 3 aliphatic rings. The molecule has 0 aliphatic carbocycles. The van der Waals surface area contributed by atoms with Gasteiger partial charge in [-0.25, -0.2) is 8.42 Å². The number of rotatable bonds is 16. The van der Waals surface area contributed by atoms with E-state index < -0.39 is 9.84 Å². The van der Waals surface area contributed by atoms with Crippen molar-refractivity contribution in [3.8, 4) is 0 Å². The molecule has 11 atom stereocenters. The van der Waals surface area contributed by atoms with E-state index in [9.17, 15) is 8.42 Å². The molecule has 44 heavy (non-hydrogen) atoms. The number of hydrogen-bond donors (Lipinski definition) is 0. The maximum atomic E-state index is 13.5. The first-order valence-corrected chi connectivity index (χ1v) is 20.6. The Bertz CT molecular complexity index is 1160. The molecule has 3 aliphatic heterocycles. The molecule has 3 fully saturated rings. The van der Waals surface area contributed by atoms with E-state index in [1.807, 2.05) is 6.07 Å². The zero-order chi connectivity index (χ0) is 32.1. The third-order valence-electron chi connectivity index (χ3n) is 11.2. The Morgan fingerprint density at radius 2 is 1.70 bits per heavy atom. The average molecular weight is 743 g/mol. The molecule has 7 heteroatoms. The summed E-state index contributed by atoms with van der Waals surface area (Å²) in [6.07, 6.45) is 11.3. The molecular weight excluding hydrogens is 683 g/mol. The van der Waals surface area contributed by atoms with E-state index in [0.717, 1.165) is 55.8 Å². The van der Waals surface area contributed by atoms with Gasteiger partial charge in [0.2, 0.25) is 0 Å². The highest BCUT2D eigenvalue weighted by Gasteiger charge is 2.52. The van der Waals surface area contributed by atoms with Gasteiger partial charge in [0.25, 0.3) is 0 Å². The Balaban J connectivity index is 1.40. The van der Waals surface area contributed by atoms with Crippen LogP contribution < -0.4 is 0 Å². The van der Waals surface area contributed by atoms with E-state index in [-0.39, 0.29) is 53.5 Å². The lowest BCUT2D eigenvalue weighted by Crippen LogP contribution is -2.50. The van der Waals surface area contributed by atoms with E-state index in [1.54, 1.807) is 24.3 Å². The molecule has 0 saturated carbocycles. The highest BCUT2D eigenvalue weighted by molar-refractivity contribution is 14.1. The summed E-state index contributed by atoms with van der Waals surface area (Å²) in [6.45, 7) is 18.1. The van der Waals surface area contributed by atoms with Crippen molar-refractivity contribution in [1.29, 1.82) is 0 Å². The second-order valence-electron chi connectivity index (χ2n) is 14.5. The average Bonchev–Trinajstić information content (AvgIpc) is 3.52. The minimum atomic E-state index is -3.41. The van der Waals surface area contributed by atoms with Gasteiger partial charge >= 0.3 is 0 Å². The lowest BCUT2D eigenvalue weighted by Gasteiger charge is -2.42. The Morgan fingerprint density at radius 1 is 1.00 bits per heavy atom. The fourth-order valence-corrected chi connectivity index (χ4v) is 10.7. The van der Waals surface area contributed by atoms with Crippen molar-refractivity contribution in [3.63, 3.8) is 0 Å². The number of halogens is 1. The molecule has 2 unspecified atom stereocenters. The second-order valence-corrected chi connectivity index (χ2v) is 17.3. The lowest BCUT2D eigenvalue weighted by molar-refractivity contribution is -0.155. The maximum Gasteiger partial charge on any atom is 0.178 e. The number of benzene rings is 1. The number of allylic oxidation sites excluding steroid dienone is 1. The van der Waals surface area contributed by atoms with Crippen LogP contribution in [-0.4, -0.2) is 54.7 Å². The molecule has 5 nitrogen and oxygen atoms in total. The summed E-state index contributed by atoms with van der Waals surface area (Å²) in [7, 11) is -3.41. The largest absolute Gasteiger partial charge is 0.374 e. The molecule has 1 aromatic rings. The molecule has 0 bridgehead atoms. The summed E-state index contributed by atoms with van der Waals surface area (Å²) in [5.74, 6) is 1.38. The van der Waals surface area contributed by atoms with E-state index in [4.69, 9.17) is 14.2 Å². The third kappa shape index (κ3) is 8.70. The summed E-state index contributed by atoms with van der Waals surface area (Å²) >= 11 is 2.51. The number of hydrogen-bond acceptors (Lipinski definition) is 5. The van der Waals surface area contributed by atoms with E-state index in [1.165, 1.54) is 18.4 Å². The molecule has 0 spiro atoms. The van der Waals surface area contributed by atoms with Crippen LogP contribution in [-0.2, 0) is 24.0 Å². The highest BCUT2D eigenvalue weighted by Crippen LogP contribution is 2.46. The first-order valence-electron chi connectivity index (χ1n) is 17.4. The molecule has 3 saturated heterocycles. The fourth-order valence-electron chi connectivity index (χ4n) is 7.94. The minimum Gasteiger partial charge on any atom is -0.374 e. The summed E-state index contributed by atoms with van der Waals surface area (Å²) < 4.78 is 48.2. The Hall–Kier alpha value is -0.480. The number of unbranched alkanes of at least 4 members (excludes halogenated alkanes) is 1. The Labute approximate surface area is 282 Å². The van der Waals surface area contributed by atoms with Crippen LogP contribution in [0.4, 0.5) is 0 Å². The summed E-state index contributed by atoms with van der Waals surface area (Å²) in [6, 6.07) is 8.91. The van der Waals surface area contributed by atoms with Gasteiger partial charge in [0.1, 0.15) is 5.60 Å². The van der Waals surface area contributed by atoms with Crippen LogP contribution in [0, 0.1) is 29.6 Å². The lowest BCUT2D eigenvalue weighted by atomic mass is 9.79. The van der Waals surface area contributed by atoms with Crippen molar-refractivity contribution in [3.05, 3.63) is 42.5 Å². The summed E-state index contributed by atoms with van der Waals surface area (Å²) in [5.41, 5.74) is 1.08. The third-order valence-corrected chi connectivity index (χ3v) is 14.3. The van der Waals surface area contributed by atoms with Crippen LogP contribution in [0.1, 0.15) is 106 Å². The molecular formula is C37H59IO5S. The van der Waals surface area contributed by atoms with Gasteiger partial charge in [-0.2, -0.15) is 0 Å². The quantitative estimate of drug-likeness (QED) is 0.0961. The highest BCUT2D eigenvalue weighted by atomic mass is 127. The van der Waals surface area contributed by atoms with Crippen LogP contribution in [0.3, 0.4) is 0 Å².